The van der Waals surface area contributed by atoms with E-state index in [1.807, 2.05) is 20.8 Å². The first kappa shape index (κ1) is 17.8. The number of hydrogen-bond donors (Lipinski definition) is 2. The minimum absolute atomic E-state index is 0.223. The van der Waals surface area contributed by atoms with Crippen molar-refractivity contribution in [2.24, 2.45) is 5.92 Å². The van der Waals surface area contributed by atoms with Gasteiger partial charge in [0.2, 0.25) is 5.12 Å². The number of rotatable bonds is 4. The summed E-state index contributed by atoms with van der Waals surface area (Å²) >= 11 is 3.77. The van der Waals surface area contributed by atoms with Crippen LogP contribution in [0.25, 0.3) is 0 Å². The average molecular weight is 339 g/mol. The average Bonchev–Trinajstić information content (AvgIpc) is 2.93. The van der Waals surface area contributed by atoms with E-state index in [1.54, 1.807) is 4.90 Å². The van der Waals surface area contributed by atoms with Crippen LogP contribution in [0.15, 0.2) is 6.20 Å². The van der Waals surface area contributed by atoms with E-state index in [4.69, 9.17) is 4.74 Å². The Bertz CT molecular complexity index is 557. The quantitative estimate of drug-likeness (QED) is 0.827. The van der Waals surface area contributed by atoms with Crippen LogP contribution in [0.1, 0.15) is 56.3 Å². The van der Waals surface area contributed by atoms with E-state index >= 15 is 0 Å². The van der Waals surface area contributed by atoms with Gasteiger partial charge in [-0.3, -0.25) is 4.79 Å². The van der Waals surface area contributed by atoms with Crippen molar-refractivity contribution in [3.63, 3.8) is 0 Å². The Morgan fingerprint density at radius 1 is 1.39 bits per heavy atom. The monoisotopic (exact) mass is 339 g/mol. The van der Waals surface area contributed by atoms with Crippen molar-refractivity contribution in [2.75, 3.05) is 13.1 Å². The van der Waals surface area contributed by atoms with E-state index in [9.17, 15) is 9.59 Å². The largest absolute Gasteiger partial charge is 0.444 e. The van der Waals surface area contributed by atoms with Crippen LogP contribution in [-0.4, -0.2) is 44.8 Å². The number of carbonyl (C=O) groups excluding carboxylic acids is 2. The highest BCUT2D eigenvalue weighted by atomic mass is 32.1. The van der Waals surface area contributed by atoms with Crippen molar-refractivity contribution >= 4 is 23.8 Å². The number of H-pyrrole nitrogens is 1. The van der Waals surface area contributed by atoms with E-state index in [2.05, 4.69) is 22.6 Å². The molecule has 6 nitrogen and oxygen atoms in total. The molecule has 1 amide bonds. The lowest BCUT2D eigenvalue weighted by molar-refractivity contribution is 0.0181. The Hall–Kier alpha value is -1.50. The molecule has 0 saturated carbocycles. The minimum Gasteiger partial charge on any atom is -0.444 e. The number of nitrogens with one attached hydrogen (secondary N) is 1. The topological polar surface area (TPSA) is 75.3 Å². The highest BCUT2D eigenvalue weighted by Gasteiger charge is 2.26. The first-order valence-corrected chi connectivity index (χ1v) is 8.44. The molecule has 1 aromatic rings. The Balaban J connectivity index is 1.74. The summed E-state index contributed by atoms with van der Waals surface area (Å²) in [6.45, 7) is 7.11. The first-order valence-electron chi connectivity index (χ1n) is 7.99. The summed E-state index contributed by atoms with van der Waals surface area (Å²) in [6.07, 6.45) is 5.04. The van der Waals surface area contributed by atoms with Crippen molar-refractivity contribution in [3.8, 4) is 0 Å². The fraction of sp³-hybridized carbons (Fsp3) is 0.688. The molecular formula is C16H25N3O3S. The molecule has 0 aliphatic carbocycles. The van der Waals surface area contributed by atoms with Gasteiger partial charge in [-0.2, -0.15) is 0 Å². The van der Waals surface area contributed by atoms with Gasteiger partial charge in [0.15, 0.2) is 0 Å². The smallest absolute Gasteiger partial charge is 0.410 e. The minimum atomic E-state index is -0.449. The van der Waals surface area contributed by atoms with Crippen molar-refractivity contribution in [2.45, 2.75) is 52.1 Å². The molecule has 0 aromatic carbocycles. The number of piperidine rings is 1. The Labute approximate surface area is 142 Å². The summed E-state index contributed by atoms with van der Waals surface area (Å²) in [5, 5.41) is -0.297. The maximum atomic E-state index is 12.0. The van der Waals surface area contributed by atoms with Gasteiger partial charge in [-0.05, 0) is 46.0 Å². The van der Waals surface area contributed by atoms with Gasteiger partial charge in [-0.1, -0.05) is 12.6 Å². The Kier molecular flexibility index (Phi) is 5.73. The molecule has 23 heavy (non-hydrogen) atoms. The molecule has 1 saturated heterocycles. The van der Waals surface area contributed by atoms with Gasteiger partial charge in [-0.25, -0.2) is 9.78 Å². The van der Waals surface area contributed by atoms with Gasteiger partial charge in [-0.15, -0.1) is 0 Å². The lowest BCUT2D eigenvalue weighted by Crippen LogP contribution is -2.41. The number of imidazole rings is 1. The second-order valence-corrected chi connectivity index (χ2v) is 7.40. The molecule has 7 heteroatoms. The molecule has 1 aromatic heterocycles. The maximum Gasteiger partial charge on any atom is 0.410 e. The van der Waals surface area contributed by atoms with Gasteiger partial charge in [0.05, 0.1) is 6.20 Å². The summed E-state index contributed by atoms with van der Waals surface area (Å²) in [4.78, 5) is 32.1. The SMILES string of the molecule is CC(C)(C)OC(=O)N1CCC(CCc2ncc(C(=O)S)[nH]2)CC1. The molecule has 1 aliphatic rings. The Morgan fingerprint density at radius 2 is 2.04 bits per heavy atom. The van der Waals surface area contributed by atoms with E-state index in [1.165, 1.54) is 6.20 Å². The van der Waals surface area contributed by atoms with Gasteiger partial charge in [0.1, 0.15) is 17.1 Å². The number of amides is 1. The number of ether oxygens (including phenoxy) is 1. The molecule has 1 N–H and O–H groups in total. The van der Waals surface area contributed by atoms with E-state index in [-0.39, 0.29) is 11.2 Å². The zero-order valence-corrected chi connectivity index (χ0v) is 14.9. The predicted molar refractivity (Wildman–Crippen MR) is 90.8 cm³/mol. The highest BCUT2D eigenvalue weighted by Crippen LogP contribution is 2.23. The van der Waals surface area contributed by atoms with Crippen molar-refractivity contribution in [3.05, 3.63) is 17.7 Å². The van der Waals surface area contributed by atoms with Crippen molar-refractivity contribution < 1.29 is 14.3 Å². The summed E-state index contributed by atoms with van der Waals surface area (Å²) in [5.74, 6) is 1.38. The first-order chi connectivity index (χ1) is 10.7. The summed E-state index contributed by atoms with van der Waals surface area (Å²) in [5.41, 5.74) is -0.0156. The molecule has 1 aliphatic heterocycles. The van der Waals surface area contributed by atoms with Gasteiger partial charge in [0.25, 0.3) is 0 Å². The molecular weight excluding hydrogens is 314 g/mol. The molecule has 0 atom stereocenters. The van der Waals surface area contributed by atoms with Crippen LogP contribution in [0.5, 0.6) is 0 Å². The van der Waals surface area contributed by atoms with Gasteiger partial charge >= 0.3 is 6.09 Å². The normalized spacial score (nSPS) is 16.4. The zero-order valence-electron chi connectivity index (χ0n) is 14.0. The number of nitrogens with zero attached hydrogens (tertiary/aromatic N) is 2. The third kappa shape index (κ3) is 5.57. The lowest BCUT2D eigenvalue weighted by atomic mass is 9.92. The maximum absolute atomic E-state index is 12.0. The summed E-state index contributed by atoms with van der Waals surface area (Å²) in [7, 11) is 0. The molecule has 2 rings (SSSR count). The number of hydrogen-bond acceptors (Lipinski definition) is 4. The van der Waals surface area contributed by atoms with Crippen LogP contribution < -0.4 is 0 Å². The van der Waals surface area contributed by atoms with Crippen LogP contribution >= 0.6 is 12.6 Å². The fourth-order valence-corrected chi connectivity index (χ4v) is 2.78. The third-order valence-electron chi connectivity index (χ3n) is 3.91. The van der Waals surface area contributed by atoms with Crippen molar-refractivity contribution in [1.29, 1.82) is 0 Å². The number of aryl methyl sites for hydroxylation is 1. The van der Waals surface area contributed by atoms with Crippen molar-refractivity contribution in [1.82, 2.24) is 14.9 Å². The highest BCUT2D eigenvalue weighted by molar-refractivity contribution is 7.97. The molecule has 0 radical (unpaired) electrons. The van der Waals surface area contributed by atoms with E-state index in [0.29, 0.717) is 11.6 Å². The van der Waals surface area contributed by atoms with Crippen LogP contribution in [-0.2, 0) is 11.2 Å². The zero-order chi connectivity index (χ0) is 17.0. The number of aromatic amines is 1. The second kappa shape index (κ2) is 7.38. The third-order valence-corrected chi connectivity index (χ3v) is 4.16. The predicted octanol–water partition coefficient (Wildman–Crippen LogP) is 3.06. The molecule has 0 bridgehead atoms. The van der Waals surface area contributed by atoms with Crippen LogP contribution in [0.3, 0.4) is 0 Å². The second-order valence-electron chi connectivity index (χ2n) is 7.00. The molecule has 0 unspecified atom stereocenters. The molecule has 1 fully saturated rings. The van der Waals surface area contributed by atoms with Gasteiger partial charge in [0, 0.05) is 19.5 Å². The lowest BCUT2D eigenvalue weighted by Gasteiger charge is -2.33. The number of aromatic nitrogens is 2. The summed E-state index contributed by atoms with van der Waals surface area (Å²) < 4.78 is 5.40. The standard InChI is InChI=1S/C16H25N3O3S/c1-16(2,3)22-15(21)19-8-6-11(7-9-19)4-5-13-17-10-12(18-13)14(20)23/h10-11H,4-9H2,1-3H3,(H,17,18)(H,20,23). The molecule has 0 spiro atoms. The summed E-state index contributed by atoms with van der Waals surface area (Å²) in [6, 6.07) is 0. The van der Waals surface area contributed by atoms with Crippen LogP contribution in [0.2, 0.25) is 0 Å². The Morgan fingerprint density at radius 3 is 2.57 bits per heavy atom. The van der Waals surface area contributed by atoms with Crippen LogP contribution in [0.4, 0.5) is 4.79 Å². The molecule has 128 valence electrons. The number of thiol groups is 1. The number of carbonyl (C=O) groups is 2. The number of likely N-dealkylation sites (tertiary alicyclic amines) is 1. The van der Waals surface area contributed by atoms with Crippen LogP contribution in [0, 0.1) is 5.92 Å². The van der Waals surface area contributed by atoms with Gasteiger partial charge < -0.3 is 14.6 Å². The molecule has 2 heterocycles. The van der Waals surface area contributed by atoms with E-state index < -0.39 is 5.60 Å². The fourth-order valence-electron chi connectivity index (χ4n) is 2.67. The van der Waals surface area contributed by atoms with E-state index in [0.717, 1.165) is 44.6 Å².